The van der Waals surface area contributed by atoms with Crippen LogP contribution in [0.15, 0.2) is 4.52 Å². The Morgan fingerprint density at radius 1 is 1.45 bits per heavy atom. The number of amides is 1. The Bertz CT molecular complexity index is 543. The van der Waals surface area contributed by atoms with E-state index in [0.717, 1.165) is 0 Å². The summed E-state index contributed by atoms with van der Waals surface area (Å²) in [5.41, 5.74) is -1.02. The molecule has 2 rings (SSSR count). The molecule has 2 atom stereocenters. The highest BCUT2D eigenvalue weighted by Crippen LogP contribution is 2.37. The average Bonchev–Trinajstić information content (AvgIpc) is 2.71. The van der Waals surface area contributed by atoms with Crippen molar-refractivity contribution in [3.63, 3.8) is 0 Å². The maximum atomic E-state index is 12.1. The molecule has 7 heteroatoms. The highest BCUT2D eigenvalue weighted by molar-refractivity contribution is 5.68. The van der Waals surface area contributed by atoms with Crippen molar-refractivity contribution in [2.24, 2.45) is 0 Å². The molecule has 1 aromatic rings. The summed E-state index contributed by atoms with van der Waals surface area (Å²) in [5, 5.41) is 25.1. The lowest BCUT2D eigenvalue weighted by atomic mass is 9.81. The fourth-order valence-corrected chi connectivity index (χ4v) is 2.81. The number of carbonyl (C=O) groups is 1. The zero-order chi connectivity index (χ0) is 16.7. The number of aliphatic hydroxyl groups is 2. The molecule has 1 aromatic heterocycles. The number of ether oxygens (including phenoxy) is 1. The van der Waals surface area contributed by atoms with Crippen LogP contribution in [0.3, 0.4) is 0 Å². The first kappa shape index (κ1) is 16.8. The largest absolute Gasteiger partial charge is 0.444 e. The van der Waals surface area contributed by atoms with E-state index in [1.807, 2.05) is 0 Å². The third-order valence-corrected chi connectivity index (χ3v) is 3.83. The molecule has 2 N–H and O–H groups in total. The van der Waals surface area contributed by atoms with Gasteiger partial charge in [0, 0.05) is 13.0 Å². The van der Waals surface area contributed by atoms with Crippen molar-refractivity contribution in [3.8, 4) is 0 Å². The van der Waals surface area contributed by atoms with Crippen molar-refractivity contribution < 1.29 is 24.3 Å². The number of hydrogen-bond acceptors (Lipinski definition) is 6. The lowest BCUT2D eigenvalue weighted by molar-refractivity contribution is -0.124. The van der Waals surface area contributed by atoms with Gasteiger partial charge in [-0.25, -0.2) is 4.79 Å². The van der Waals surface area contributed by atoms with Crippen LogP contribution in [-0.2, 0) is 10.3 Å². The third kappa shape index (κ3) is 3.10. The number of aryl methyl sites for hydroxylation is 2. The summed E-state index contributed by atoms with van der Waals surface area (Å²) in [6.07, 6.45) is -1.44. The molecule has 0 bridgehead atoms. The molecular formula is C15H24N2O5. The Balaban J connectivity index is 2.15. The van der Waals surface area contributed by atoms with Gasteiger partial charge in [-0.2, -0.15) is 0 Å². The standard InChI is InChI=1S/C15H24N2O5/c1-9-12(10(2)22-16-9)15(20)6-7-17(8-11(15)18)13(19)21-14(3,4)5/h11,18,20H,6-8H2,1-5H3. The number of aromatic nitrogens is 1. The third-order valence-electron chi connectivity index (χ3n) is 3.83. The Hall–Kier alpha value is -1.60. The molecule has 1 aliphatic rings. The van der Waals surface area contributed by atoms with Crippen LogP contribution >= 0.6 is 0 Å². The monoisotopic (exact) mass is 312 g/mol. The van der Waals surface area contributed by atoms with Crippen LogP contribution in [0.2, 0.25) is 0 Å². The van der Waals surface area contributed by atoms with Crippen molar-refractivity contribution in [2.75, 3.05) is 13.1 Å². The number of nitrogens with zero attached hydrogens (tertiary/aromatic N) is 2. The predicted molar refractivity (Wildman–Crippen MR) is 78.3 cm³/mol. The molecule has 1 fully saturated rings. The molecule has 7 nitrogen and oxygen atoms in total. The maximum absolute atomic E-state index is 12.1. The number of aliphatic hydroxyl groups excluding tert-OH is 1. The molecule has 2 unspecified atom stereocenters. The minimum Gasteiger partial charge on any atom is -0.444 e. The van der Waals surface area contributed by atoms with E-state index in [9.17, 15) is 15.0 Å². The van der Waals surface area contributed by atoms with Gasteiger partial charge in [-0.15, -0.1) is 0 Å². The highest BCUT2D eigenvalue weighted by Gasteiger charge is 2.47. The van der Waals surface area contributed by atoms with Gasteiger partial charge in [0.1, 0.15) is 23.1 Å². The summed E-state index contributed by atoms with van der Waals surface area (Å²) in [4.78, 5) is 13.5. The molecule has 1 amide bonds. The van der Waals surface area contributed by atoms with Crippen LogP contribution in [0.25, 0.3) is 0 Å². The molecule has 124 valence electrons. The van der Waals surface area contributed by atoms with Crippen molar-refractivity contribution in [1.29, 1.82) is 0 Å². The first-order valence-corrected chi connectivity index (χ1v) is 7.36. The lowest BCUT2D eigenvalue weighted by Gasteiger charge is -2.42. The fraction of sp³-hybridized carbons (Fsp3) is 0.733. The van der Waals surface area contributed by atoms with Crippen LogP contribution in [-0.4, -0.2) is 51.2 Å². The average molecular weight is 312 g/mol. The number of piperidine rings is 1. The molecule has 1 saturated heterocycles. The molecule has 0 aromatic carbocycles. The molecule has 1 aliphatic heterocycles. The van der Waals surface area contributed by atoms with Crippen LogP contribution in [0.5, 0.6) is 0 Å². The van der Waals surface area contributed by atoms with E-state index in [2.05, 4.69) is 5.16 Å². The topological polar surface area (TPSA) is 96.0 Å². The predicted octanol–water partition coefficient (Wildman–Crippen LogP) is 1.48. The normalized spacial score (nSPS) is 26.1. The molecule has 22 heavy (non-hydrogen) atoms. The summed E-state index contributed by atoms with van der Waals surface area (Å²) in [7, 11) is 0. The zero-order valence-electron chi connectivity index (χ0n) is 13.7. The number of β-amino-alcohol motifs (C(OH)–C–C–N with tert-alkyl or cyclic N) is 1. The summed E-state index contributed by atoms with van der Waals surface area (Å²) < 4.78 is 10.4. The van der Waals surface area contributed by atoms with Gasteiger partial charge in [0.05, 0.1) is 17.8 Å². The minimum absolute atomic E-state index is 0.00449. The first-order chi connectivity index (χ1) is 10.0. The van der Waals surface area contributed by atoms with E-state index in [1.54, 1.807) is 34.6 Å². The fourth-order valence-electron chi connectivity index (χ4n) is 2.81. The quantitative estimate of drug-likeness (QED) is 0.815. The zero-order valence-corrected chi connectivity index (χ0v) is 13.7. The number of carbonyl (C=O) groups excluding carboxylic acids is 1. The maximum Gasteiger partial charge on any atom is 0.410 e. The van der Waals surface area contributed by atoms with Crippen LogP contribution in [0.4, 0.5) is 4.79 Å². The van der Waals surface area contributed by atoms with Gasteiger partial charge in [0.25, 0.3) is 0 Å². The Morgan fingerprint density at radius 2 is 2.09 bits per heavy atom. The van der Waals surface area contributed by atoms with Crippen molar-refractivity contribution in [1.82, 2.24) is 10.1 Å². The van der Waals surface area contributed by atoms with Crippen molar-refractivity contribution in [2.45, 2.75) is 58.3 Å². The smallest absolute Gasteiger partial charge is 0.410 e. The van der Waals surface area contributed by atoms with E-state index >= 15 is 0 Å². The molecular weight excluding hydrogens is 288 g/mol. The number of likely N-dealkylation sites (tertiary alicyclic amines) is 1. The lowest BCUT2D eigenvalue weighted by Crippen LogP contribution is -2.56. The molecule has 2 heterocycles. The first-order valence-electron chi connectivity index (χ1n) is 7.36. The second kappa shape index (κ2) is 5.55. The van der Waals surface area contributed by atoms with Gasteiger partial charge >= 0.3 is 6.09 Å². The van der Waals surface area contributed by atoms with Crippen molar-refractivity contribution in [3.05, 3.63) is 17.0 Å². The van der Waals surface area contributed by atoms with Gasteiger partial charge in [-0.3, -0.25) is 0 Å². The summed E-state index contributed by atoms with van der Waals surface area (Å²) in [5.74, 6) is 0.477. The van der Waals surface area contributed by atoms with Gasteiger partial charge in [-0.1, -0.05) is 5.16 Å². The van der Waals surface area contributed by atoms with E-state index in [0.29, 0.717) is 17.0 Å². The van der Waals surface area contributed by atoms with Gasteiger partial charge in [-0.05, 0) is 34.6 Å². The number of hydrogen-bond donors (Lipinski definition) is 2. The Morgan fingerprint density at radius 3 is 2.55 bits per heavy atom. The second-order valence-electron chi connectivity index (χ2n) is 6.82. The van der Waals surface area contributed by atoms with Crippen LogP contribution < -0.4 is 0 Å². The minimum atomic E-state index is -1.47. The molecule has 0 spiro atoms. The van der Waals surface area contributed by atoms with E-state index in [1.165, 1.54) is 4.90 Å². The summed E-state index contributed by atoms with van der Waals surface area (Å²) in [6, 6.07) is 0. The van der Waals surface area contributed by atoms with Gasteiger partial charge < -0.3 is 24.4 Å². The Labute approximate surface area is 129 Å². The highest BCUT2D eigenvalue weighted by atomic mass is 16.6. The van der Waals surface area contributed by atoms with Crippen LogP contribution in [0, 0.1) is 13.8 Å². The number of rotatable bonds is 1. The van der Waals surface area contributed by atoms with E-state index in [-0.39, 0.29) is 19.5 Å². The van der Waals surface area contributed by atoms with Gasteiger partial charge in [0.15, 0.2) is 0 Å². The van der Waals surface area contributed by atoms with E-state index in [4.69, 9.17) is 9.26 Å². The second-order valence-corrected chi connectivity index (χ2v) is 6.82. The van der Waals surface area contributed by atoms with E-state index < -0.39 is 23.4 Å². The summed E-state index contributed by atoms with van der Waals surface area (Å²) in [6.45, 7) is 9.04. The van der Waals surface area contributed by atoms with Gasteiger partial charge in [0.2, 0.25) is 0 Å². The molecule has 0 aliphatic carbocycles. The van der Waals surface area contributed by atoms with Crippen molar-refractivity contribution >= 4 is 6.09 Å². The molecule has 0 radical (unpaired) electrons. The SMILES string of the molecule is Cc1noc(C)c1C1(O)CCN(C(=O)OC(C)(C)C)CC1O. The van der Waals surface area contributed by atoms with Crippen LogP contribution in [0.1, 0.15) is 44.2 Å². The molecule has 0 saturated carbocycles. The summed E-state index contributed by atoms with van der Waals surface area (Å²) >= 11 is 0. The Kier molecular flexibility index (Phi) is 4.23.